The van der Waals surface area contributed by atoms with Crippen LogP contribution in [0.1, 0.15) is 25.0 Å². The van der Waals surface area contributed by atoms with Gasteiger partial charge in [0.1, 0.15) is 5.82 Å². The molecular weight excluding hydrogens is 313 g/mol. The number of carbonyl (C=O) groups is 2. The molecule has 2 atom stereocenters. The molecule has 0 radical (unpaired) electrons. The van der Waals surface area contributed by atoms with Gasteiger partial charge in [-0.25, -0.2) is 9.07 Å². The molecule has 0 aliphatic heterocycles. The number of amides is 1. The minimum absolute atomic E-state index is 0.0854. The number of aliphatic carboxylic acids is 1. The maximum Gasteiger partial charge on any atom is 0.306 e. The van der Waals surface area contributed by atoms with Crippen molar-refractivity contribution in [3.05, 3.63) is 48.0 Å². The number of carboxylic acid groups (broad SMARTS) is 1. The third-order valence-electron chi connectivity index (χ3n) is 4.22. The number of benzene rings is 1. The number of carbonyl (C=O) groups excluding carboxylic acids is 1. The minimum Gasteiger partial charge on any atom is -0.481 e. The molecule has 24 heavy (non-hydrogen) atoms. The van der Waals surface area contributed by atoms with E-state index in [4.69, 9.17) is 5.11 Å². The van der Waals surface area contributed by atoms with Gasteiger partial charge in [-0.1, -0.05) is 0 Å². The Bertz CT molecular complexity index is 742. The fraction of sp³-hybridized carbons (Fsp3) is 0.353. The normalized spacial score (nSPS) is 20.0. The monoisotopic (exact) mass is 331 g/mol. The Morgan fingerprint density at radius 3 is 2.67 bits per heavy atom. The number of nitrogens with one attached hydrogen (secondary N) is 1. The average molecular weight is 331 g/mol. The van der Waals surface area contributed by atoms with E-state index in [1.54, 1.807) is 29.1 Å². The lowest BCUT2D eigenvalue weighted by Crippen LogP contribution is -2.34. The molecule has 1 aliphatic rings. The molecule has 0 unspecified atom stereocenters. The molecule has 6 nitrogen and oxygen atoms in total. The van der Waals surface area contributed by atoms with E-state index in [1.807, 2.05) is 0 Å². The summed E-state index contributed by atoms with van der Waals surface area (Å²) < 4.78 is 14.5. The van der Waals surface area contributed by atoms with E-state index in [0.717, 1.165) is 0 Å². The zero-order valence-electron chi connectivity index (χ0n) is 13.0. The largest absolute Gasteiger partial charge is 0.481 e. The number of aromatic nitrogens is 2. The molecule has 1 heterocycles. The van der Waals surface area contributed by atoms with Crippen molar-refractivity contribution in [3.63, 3.8) is 0 Å². The molecule has 7 heteroatoms. The number of hydrogen-bond donors (Lipinski definition) is 2. The van der Waals surface area contributed by atoms with Crippen LogP contribution in [0.2, 0.25) is 0 Å². The van der Waals surface area contributed by atoms with Crippen LogP contribution in [0.5, 0.6) is 0 Å². The highest BCUT2D eigenvalue weighted by atomic mass is 19.1. The fourth-order valence-electron chi connectivity index (χ4n) is 2.97. The first-order chi connectivity index (χ1) is 11.5. The Hall–Kier alpha value is -2.70. The van der Waals surface area contributed by atoms with Gasteiger partial charge in [-0.05, 0) is 49.6 Å². The zero-order valence-corrected chi connectivity index (χ0v) is 13.0. The highest BCUT2D eigenvalue weighted by Gasteiger charge is 2.30. The van der Waals surface area contributed by atoms with E-state index >= 15 is 0 Å². The maximum absolute atomic E-state index is 12.9. The molecule has 0 spiro atoms. The summed E-state index contributed by atoms with van der Waals surface area (Å²) in [5.74, 6) is -1.66. The zero-order chi connectivity index (χ0) is 17.1. The Morgan fingerprint density at radius 1 is 1.25 bits per heavy atom. The lowest BCUT2D eigenvalue weighted by molar-refractivity contribution is -0.141. The van der Waals surface area contributed by atoms with E-state index in [1.165, 1.54) is 12.1 Å². The summed E-state index contributed by atoms with van der Waals surface area (Å²) >= 11 is 0. The molecule has 1 aromatic heterocycles. The van der Waals surface area contributed by atoms with Crippen molar-refractivity contribution >= 4 is 11.9 Å². The minimum atomic E-state index is -0.801. The molecule has 1 saturated carbocycles. The maximum atomic E-state index is 12.9. The van der Waals surface area contributed by atoms with Gasteiger partial charge in [-0.3, -0.25) is 9.59 Å². The number of hydrogen-bond acceptors (Lipinski definition) is 3. The van der Waals surface area contributed by atoms with Gasteiger partial charge < -0.3 is 10.4 Å². The Kier molecular flexibility index (Phi) is 4.59. The highest BCUT2D eigenvalue weighted by molar-refractivity contribution is 5.78. The number of nitrogens with zero attached hydrogens (tertiary/aromatic N) is 2. The quantitative estimate of drug-likeness (QED) is 0.877. The molecule has 126 valence electrons. The average Bonchev–Trinajstić information content (AvgIpc) is 3.17. The summed E-state index contributed by atoms with van der Waals surface area (Å²) in [5.41, 5.74) is 1.31. The third kappa shape index (κ3) is 3.79. The smallest absolute Gasteiger partial charge is 0.306 e. The summed E-state index contributed by atoms with van der Waals surface area (Å²) in [6.45, 7) is 0. The van der Waals surface area contributed by atoms with Crippen LogP contribution >= 0.6 is 0 Å². The van der Waals surface area contributed by atoms with Gasteiger partial charge in [0, 0.05) is 12.2 Å². The van der Waals surface area contributed by atoms with Crippen LogP contribution in [0.3, 0.4) is 0 Å². The van der Waals surface area contributed by atoms with E-state index in [-0.39, 0.29) is 30.1 Å². The molecule has 1 aromatic carbocycles. The number of halogens is 1. The van der Waals surface area contributed by atoms with E-state index in [0.29, 0.717) is 30.6 Å². The predicted octanol–water partition coefficient (Wildman–Crippen LogP) is 1.92. The molecule has 2 N–H and O–H groups in total. The SMILES string of the molecule is O=C(Cc1ccn(-c2ccc(F)cc2)n1)N[C@H]1CC[C@@H](C(=O)O)C1. The Balaban J connectivity index is 1.56. The summed E-state index contributed by atoms with van der Waals surface area (Å²) in [5, 5.41) is 16.2. The molecule has 2 aromatic rings. The first-order valence-electron chi connectivity index (χ1n) is 7.84. The lowest BCUT2D eigenvalue weighted by atomic mass is 10.1. The van der Waals surface area contributed by atoms with Gasteiger partial charge >= 0.3 is 5.97 Å². The number of rotatable bonds is 5. The third-order valence-corrected chi connectivity index (χ3v) is 4.22. The van der Waals surface area contributed by atoms with Gasteiger partial charge in [0.25, 0.3) is 0 Å². The van der Waals surface area contributed by atoms with Crippen molar-refractivity contribution in [1.29, 1.82) is 0 Å². The second kappa shape index (κ2) is 6.82. The highest BCUT2D eigenvalue weighted by Crippen LogP contribution is 2.25. The van der Waals surface area contributed by atoms with Gasteiger partial charge in [0.2, 0.25) is 5.91 Å². The second-order valence-corrected chi connectivity index (χ2v) is 6.02. The van der Waals surface area contributed by atoms with Crippen LogP contribution in [0, 0.1) is 11.7 Å². The van der Waals surface area contributed by atoms with Crippen molar-refractivity contribution in [2.24, 2.45) is 5.92 Å². The van der Waals surface area contributed by atoms with Crippen molar-refractivity contribution in [2.45, 2.75) is 31.7 Å². The van der Waals surface area contributed by atoms with Crippen LogP contribution in [0.15, 0.2) is 36.5 Å². The van der Waals surface area contributed by atoms with Crippen molar-refractivity contribution < 1.29 is 19.1 Å². The van der Waals surface area contributed by atoms with Gasteiger partial charge in [-0.15, -0.1) is 0 Å². The molecule has 1 amide bonds. The molecular formula is C17H18FN3O3. The Morgan fingerprint density at radius 2 is 2.00 bits per heavy atom. The first kappa shape index (κ1) is 16.2. The number of carboxylic acids is 1. The Labute approximate surface area is 138 Å². The van der Waals surface area contributed by atoms with Crippen LogP contribution in [0.4, 0.5) is 4.39 Å². The standard InChI is InChI=1S/C17H18FN3O3/c18-12-2-5-15(6-3-12)21-8-7-14(20-21)10-16(22)19-13-4-1-11(9-13)17(23)24/h2-3,5-8,11,13H,1,4,9-10H2,(H,19,22)(H,23,24)/t11-,13+/m1/s1. The fourth-order valence-corrected chi connectivity index (χ4v) is 2.97. The van der Waals surface area contributed by atoms with Crippen molar-refractivity contribution in [1.82, 2.24) is 15.1 Å². The molecule has 0 bridgehead atoms. The van der Waals surface area contributed by atoms with E-state index in [9.17, 15) is 14.0 Å². The van der Waals surface area contributed by atoms with Crippen molar-refractivity contribution in [3.8, 4) is 5.69 Å². The van der Waals surface area contributed by atoms with Gasteiger partial charge in [0.05, 0.1) is 23.7 Å². The first-order valence-corrected chi connectivity index (χ1v) is 7.84. The predicted molar refractivity (Wildman–Crippen MR) is 84.1 cm³/mol. The topological polar surface area (TPSA) is 84.2 Å². The molecule has 3 rings (SSSR count). The molecule has 1 aliphatic carbocycles. The molecule has 1 fully saturated rings. The summed E-state index contributed by atoms with van der Waals surface area (Å²) in [6.07, 6.45) is 3.60. The van der Waals surface area contributed by atoms with Gasteiger partial charge in [-0.2, -0.15) is 5.10 Å². The van der Waals surface area contributed by atoms with Crippen LogP contribution in [0.25, 0.3) is 5.69 Å². The summed E-state index contributed by atoms with van der Waals surface area (Å²) in [7, 11) is 0. The van der Waals surface area contributed by atoms with E-state index in [2.05, 4.69) is 10.4 Å². The van der Waals surface area contributed by atoms with Crippen LogP contribution in [-0.2, 0) is 16.0 Å². The summed E-state index contributed by atoms with van der Waals surface area (Å²) in [4.78, 5) is 23.0. The molecule has 0 saturated heterocycles. The van der Waals surface area contributed by atoms with Crippen LogP contribution in [-0.4, -0.2) is 32.8 Å². The van der Waals surface area contributed by atoms with Crippen LogP contribution < -0.4 is 5.32 Å². The lowest BCUT2D eigenvalue weighted by Gasteiger charge is -2.11. The summed E-state index contributed by atoms with van der Waals surface area (Å²) in [6, 6.07) is 7.56. The van der Waals surface area contributed by atoms with Gasteiger partial charge in [0.15, 0.2) is 0 Å². The second-order valence-electron chi connectivity index (χ2n) is 6.02. The van der Waals surface area contributed by atoms with Crippen molar-refractivity contribution in [2.75, 3.05) is 0 Å². The van der Waals surface area contributed by atoms with E-state index < -0.39 is 5.97 Å².